The third kappa shape index (κ3) is 3.44. The molecule has 6 nitrogen and oxygen atoms in total. The van der Waals surface area contributed by atoms with Gasteiger partial charge in [0.15, 0.2) is 6.23 Å². The highest BCUT2D eigenvalue weighted by molar-refractivity contribution is 5.51. The Morgan fingerprint density at radius 3 is 2.31 bits per heavy atom. The lowest BCUT2D eigenvalue weighted by atomic mass is 9.74. The average Bonchev–Trinajstić information content (AvgIpc) is 3.18. The number of nitrogens with one attached hydrogen (secondary N) is 2. The van der Waals surface area contributed by atoms with Gasteiger partial charge in [-0.25, -0.2) is 10.9 Å². The second kappa shape index (κ2) is 8.16. The maximum atomic E-state index is 9.87. The Balaban J connectivity index is 1.75. The lowest BCUT2D eigenvalue weighted by molar-refractivity contribution is 0.0341. The van der Waals surface area contributed by atoms with Gasteiger partial charge in [-0.1, -0.05) is 42.5 Å². The SMILES string of the molecule is CCN(CC)c1ccc(C2C(C#N)=C(N)OC3NNC(c4ccccc4)C32)cc1. The zero-order valence-corrected chi connectivity index (χ0v) is 16.8. The maximum Gasteiger partial charge on any atom is 0.200 e. The highest BCUT2D eigenvalue weighted by Gasteiger charge is 2.49. The molecular weight excluding hydrogens is 362 g/mol. The third-order valence-corrected chi connectivity index (χ3v) is 5.99. The van der Waals surface area contributed by atoms with Crippen molar-refractivity contribution >= 4 is 5.69 Å². The number of nitriles is 1. The second-order valence-electron chi connectivity index (χ2n) is 7.42. The number of nitrogens with zero attached hydrogens (tertiary/aromatic N) is 2. The highest BCUT2D eigenvalue weighted by atomic mass is 16.5. The number of hydrazine groups is 1. The van der Waals surface area contributed by atoms with Crippen LogP contribution in [0.5, 0.6) is 0 Å². The van der Waals surface area contributed by atoms with Gasteiger partial charge in [-0.2, -0.15) is 5.26 Å². The van der Waals surface area contributed by atoms with E-state index in [0.29, 0.717) is 5.57 Å². The van der Waals surface area contributed by atoms with Crippen molar-refractivity contribution in [2.75, 3.05) is 18.0 Å². The molecule has 0 radical (unpaired) electrons. The molecule has 2 aliphatic heterocycles. The van der Waals surface area contributed by atoms with E-state index in [0.717, 1.165) is 24.2 Å². The number of rotatable bonds is 5. The number of fused-ring (bicyclic) bond motifs is 1. The van der Waals surface area contributed by atoms with Gasteiger partial charge in [0, 0.05) is 30.6 Å². The van der Waals surface area contributed by atoms with Crippen LogP contribution >= 0.6 is 0 Å². The molecule has 0 aliphatic carbocycles. The molecule has 4 rings (SSSR count). The van der Waals surface area contributed by atoms with Crippen molar-refractivity contribution in [2.24, 2.45) is 11.7 Å². The molecule has 1 fully saturated rings. The Morgan fingerprint density at radius 2 is 1.69 bits per heavy atom. The van der Waals surface area contributed by atoms with Gasteiger partial charge >= 0.3 is 0 Å². The van der Waals surface area contributed by atoms with Gasteiger partial charge in [0.05, 0.1) is 11.6 Å². The molecule has 2 heterocycles. The number of anilines is 1. The number of hydrogen-bond acceptors (Lipinski definition) is 6. The quantitative estimate of drug-likeness (QED) is 0.728. The van der Waals surface area contributed by atoms with Crippen molar-refractivity contribution in [3.63, 3.8) is 0 Å². The van der Waals surface area contributed by atoms with Gasteiger partial charge in [0.25, 0.3) is 0 Å². The van der Waals surface area contributed by atoms with E-state index in [4.69, 9.17) is 10.5 Å². The van der Waals surface area contributed by atoms with Crippen LogP contribution in [-0.4, -0.2) is 19.3 Å². The highest BCUT2D eigenvalue weighted by Crippen LogP contribution is 2.47. The lowest BCUT2D eigenvalue weighted by Crippen LogP contribution is -2.41. The van der Waals surface area contributed by atoms with Gasteiger partial charge in [0.1, 0.15) is 6.07 Å². The number of benzene rings is 2. The topological polar surface area (TPSA) is 86.3 Å². The average molecular weight is 390 g/mol. The first kappa shape index (κ1) is 19.3. The molecule has 0 spiro atoms. The smallest absolute Gasteiger partial charge is 0.200 e. The van der Waals surface area contributed by atoms with Crippen molar-refractivity contribution in [2.45, 2.75) is 32.0 Å². The van der Waals surface area contributed by atoms with Gasteiger partial charge in [-0.15, -0.1) is 0 Å². The van der Waals surface area contributed by atoms with Gasteiger partial charge in [0.2, 0.25) is 5.88 Å². The van der Waals surface area contributed by atoms with Crippen LogP contribution in [0.3, 0.4) is 0 Å². The Labute approximate surface area is 171 Å². The summed E-state index contributed by atoms with van der Waals surface area (Å²) in [5, 5.41) is 9.87. The van der Waals surface area contributed by atoms with E-state index in [-0.39, 0.29) is 30.0 Å². The molecular formula is C23H27N5O. The molecule has 4 unspecified atom stereocenters. The summed E-state index contributed by atoms with van der Waals surface area (Å²) >= 11 is 0. The van der Waals surface area contributed by atoms with E-state index in [1.807, 2.05) is 18.2 Å². The molecule has 0 bridgehead atoms. The zero-order valence-electron chi connectivity index (χ0n) is 16.8. The lowest BCUT2D eigenvalue weighted by Gasteiger charge is -2.36. The van der Waals surface area contributed by atoms with Crippen LogP contribution < -0.4 is 21.5 Å². The Bertz CT molecular complexity index is 915. The van der Waals surface area contributed by atoms with Crippen molar-refractivity contribution in [1.82, 2.24) is 10.9 Å². The first-order chi connectivity index (χ1) is 14.2. The van der Waals surface area contributed by atoms with E-state index < -0.39 is 0 Å². The predicted molar refractivity (Wildman–Crippen MR) is 113 cm³/mol. The van der Waals surface area contributed by atoms with Crippen molar-refractivity contribution in [3.8, 4) is 6.07 Å². The van der Waals surface area contributed by atoms with Crippen LogP contribution in [0, 0.1) is 17.2 Å². The third-order valence-electron chi connectivity index (χ3n) is 5.99. The van der Waals surface area contributed by atoms with Crippen molar-refractivity contribution < 1.29 is 4.74 Å². The normalized spacial score (nSPS) is 25.8. The van der Waals surface area contributed by atoms with E-state index in [1.54, 1.807) is 0 Å². The van der Waals surface area contributed by atoms with Crippen LogP contribution in [0.1, 0.15) is 36.9 Å². The van der Waals surface area contributed by atoms with Crippen LogP contribution in [0.4, 0.5) is 5.69 Å². The summed E-state index contributed by atoms with van der Waals surface area (Å²) < 4.78 is 5.87. The molecule has 0 aromatic heterocycles. The molecule has 2 aromatic carbocycles. The fourth-order valence-electron chi connectivity index (χ4n) is 4.52. The Hall–Kier alpha value is -3.01. The Morgan fingerprint density at radius 1 is 1.00 bits per heavy atom. The summed E-state index contributed by atoms with van der Waals surface area (Å²) in [4.78, 5) is 2.30. The fraction of sp³-hybridized carbons (Fsp3) is 0.348. The summed E-state index contributed by atoms with van der Waals surface area (Å²) in [6.45, 7) is 6.21. The maximum absolute atomic E-state index is 9.87. The van der Waals surface area contributed by atoms with Crippen LogP contribution in [0.25, 0.3) is 0 Å². The largest absolute Gasteiger partial charge is 0.458 e. The minimum absolute atomic E-state index is 0.00125. The van der Waals surface area contributed by atoms with E-state index in [1.165, 1.54) is 5.69 Å². The molecule has 4 atom stereocenters. The molecule has 2 aliphatic rings. The fourth-order valence-corrected chi connectivity index (χ4v) is 4.52. The van der Waals surface area contributed by atoms with Crippen LogP contribution in [0.15, 0.2) is 66.1 Å². The van der Waals surface area contributed by atoms with Gasteiger partial charge in [-0.3, -0.25) is 0 Å². The summed E-state index contributed by atoms with van der Waals surface area (Å²) in [6.07, 6.45) is -0.301. The summed E-state index contributed by atoms with van der Waals surface area (Å²) in [5.74, 6) is 0.0467. The molecule has 4 N–H and O–H groups in total. The molecule has 6 heteroatoms. The molecule has 1 saturated heterocycles. The monoisotopic (exact) mass is 389 g/mol. The second-order valence-corrected chi connectivity index (χ2v) is 7.42. The summed E-state index contributed by atoms with van der Waals surface area (Å²) in [7, 11) is 0. The minimum Gasteiger partial charge on any atom is -0.458 e. The number of ether oxygens (including phenoxy) is 1. The molecule has 2 aromatic rings. The Kier molecular flexibility index (Phi) is 5.43. The first-order valence-electron chi connectivity index (χ1n) is 10.1. The van der Waals surface area contributed by atoms with E-state index in [9.17, 15) is 5.26 Å². The summed E-state index contributed by atoms with van der Waals surface area (Å²) in [6, 6.07) is 21.0. The van der Waals surface area contributed by atoms with E-state index >= 15 is 0 Å². The first-order valence-corrected chi connectivity index (χ1v) is 10.1. The standard InChI is InChI=1S/C23H27N5O/c1-3-28(4-2)17-12-10-15(11-13-17)19-18(14-24)22(25)29-23-20(19)21(26-27-23)16-8-6-5-7-9-16/h5-13,19-21,23,26-27H,3-4,25H2,1-2H3. The number of allylic oxidation sites excluding steroid dienone is 1. The van der Waals surface area contributed by atoms with Crippen LogP contribution in [0.2, 0.25) is 0 Å². The molecule has 150 valence electrons. The minimum atomic E-state index is -0.301. The molecule has 0 amide bonds. The van der Waals surface area contributed by atoms with Crippen molar-refractivity contribution in [1.29, 1.82) is 5.26 Å². The number of nitrogens with two attached hydrogens (primary N) is 1. The van der Waals surface area contributed by atoms with E-state index in [2.05, 4.69) is 72.1 Å². The van der Waals surface area contributed by atoms with Gasteiger partial charge in [-0.05, 0) is 37.1 Å². The summed E-state index contributed by atoms with van der Waals surface area (Å²) in [5.41, 5.74) is 16.6. The van der Waals surface area contributed by atoms with Gasteiger partial charge < -0.3 is 15.4 Å². The molecule has 0 saturated carbocycles. The zero-order chi connectivity index (χ0) is 20.4. The van der Waals surface area contributed by atoms with Crippen molar-refractivity contribution in [3.05, 3.63) is 77.2 Å². The predicted octanol–water partition coefficient (Wildman–Crippen LogP) is 3.13. The molecule has 29 heavy (non-hydrogen) atoms. The number of hydrogen-bond donors (Lipinski definition) is 3. The van der Waals surface area contributed by atoms with Crippen LogP contribution in [-0.2, 0) is 4.74 Å².